The smallest absolute Gasteiger partial charge is 0.260 e. The summed E-state index contributed by atoms with van der Waals surface area (Å²) >= 11 is 0. The number of hydrogen-bond acceptors (Lipinski definition) is 3. The summed E-state index contributed by atoms with van der Waals surface area (Å²) < 4.78 is 0. The van der Waals surface area contributed by atoms with Gasteiger partial charge in [-0.15, -0.1) is 0 Å². The van der Waals surface area contributed by atoms with Crippen LogP contribution in [0.5, 0.6) is 0 Å². The summed E-state index contributed by atoms with van der Waals surface area (Å²) in [5.41, 5.74) is 0.610. The minimum Gasteiger partial charge on any atom is -0.396 e. The number of aromatic amines is 1. The van der Waals surface area contributed by atoms with E-state index in [1.54, 1.807) is 13.1 Å². The quantitative estimate of drug-likeness (QED) is 0.876. The third-order valence-electron chi connectivity index (χ3n) is 3.42. The minimum absolute atomic E-state index is 0.0394. The fourth-order valence-corrected chi connectivity index (χ4v) is 2.30. The molecule has 0 saturated heterocycles. The molecule has 0 aliphatic heterocycles. The maximum Gasteiger partial charge on any atom is 0.260 e. The molecular formula is C16H18N2O3. The van der Waals surface area contributed by atoms with E-state index in [0.29, 0.717) is 6.42 Å². The van der Waals surface area contributed by atoms with E-state index in [4.69, 9.17) is 0 Å². The van der Waals surface area contributed by atoms with Crippen LogP contribution in [0.3, 0.4) is 0 Å². The minimum atomic E-state index is -0.412. The number of rotatable bonds is 5. The number of carbonyl (C=O) groups is 1. The van der Waals surface area contributed by atoms with Gasteiger partial charge in [-0.05, 0) is 24.1 Å². The Morgan fingerprint density at radius 3 is 2.57 bits per heavy atom. The summed E-state index contributed by atoms with van der Waals surface area (Å²) in [7, 11) is 1.64. The molecular weight excluding hydrogens is 268 g/mol. The van der Waals surface area contributed by atoms with E-state index in [2.05, 4.69) is 4.98 Å². The Balaban J connectivity index is 2.31. The molecule has 1 aromatic carbocycles. The van der Waals surface area contributed by atoms with E-state index in [1.807, 2.05) is 30.3 Å². The van der Waals surface area contributed by atoms with Crippen LogP contribution in [0, 0.1) is 0 Å². The van der Waals surface area contributed by atoms with E-state index in [1.165, 1.54) is 17.2 Å². The van der Waals surface area contributed by atoms with Crippen molar-refractivity contribution in [3.8, 4) is 0 Å². The van der Waals surface area contributed by atoms with Gasteiger partial charge in [0.05, 0.1) is 6.04 Å². The highest BCUT2D eigenvalue weighted by molar-refractivity contribution is 5.93. The van der Waals surface area contributed by atoms with E-state index in [9.17, 15) is 14.7 Å². The molecule has 2 N–H and O–H groups in total. The molecule has 1 aromatic heterocycles. The molecule has 1 unspecified atom stereocenters. The number of amides is 1. The Labute approximate surface area is 122 Å². The van der Waals surface area contributed by atoms with Crippen LogP contribution < -0.4 is 5.56 Å². The Hall–Kier alpha value is -2.40. The number of aromatic nitrogens is 1. The molecule has 1 amide bonds. The number of nitrogens with zero attached hydrogens (tertiary/aromatic N) is 1. The molecule has 0 radical (unpaired) electrons. The number of H-pyrrole nitrogens is 1. The van der Waals surface area contributed by atoms with Gasteiger partial charge in [0.15, 0.2) is 0 Å². The molecule has 1 heterocycles. The van der Waals surface area contributed by atoms with Crippen LogP contribution in [0.4, 0.5) is 0 Å². The molecule has 0 bridgehead atoms. The highest BCUT2D eigenvalue weighted by atomic mass is 16.3. The van der Waals surface area contributed by atoms with Crippen molar-refractivity contribution < 1.29 is 9.90 Å². The third-order valence-corrected chi connectivity index (χ3v) is 3.42. The summed E-state index contributed by atoms with van der Waals surface area (Å²) in [6, 6.07) is 12.3. The van der Waals surface area contributed by atoms with E-state index in [0.717, 1.165) is 5.56 Å². The van der Waals surface area contributed by atoms with Crippen molar-refractivity contribution in [1.82, 2.24) is 9.88 Å². The van der Waals surface area contributed by atoms with Crippen molar-refractivity contribution in [2.24, 2.45) is 0 Å². The molecule has 5 heteroatoms. The van der Waals surface area contributed by atoms with Crippen molar-refractivity contribution in [2.75, 3.05) is 13.7 Å². The van der Waals surface area contributed by atoms with Gasteiger partial charge < -0.3 is 15.0 Å². The predicted octanol–water partition coefficient (Wildman–Crippen LogP) is 1.57. The Morgan fingerprint density at radius 1 is 1.24 bits per heavy atom. The second-order valence-electron chi connectivity index (χ2n) is 4.77. The van der Waals surface area contributed by atoms with Crippen LogP contribution in [0.15, 0.2) is 53.5 Å². The van der Waals surface area contributed by atoms with Crippen molar-refractivity contribution >= 4 is 5.91 Å². The fourth-order valence-electron chi connectivity index (χ4n) is 2.30. The highest BCUT2D eigenvalue weighted by Crippen LogP contribution is 2.23. The Morgan fingerprint density at radius 2 is 1.95 bits per heavy atom. The molecule has 21 heavy (non-hydrogen) atoms. The van der Waals surface area contributed by atoms with Crippen LogP contribution >= 0.6 is 0 Å². The zero-order chi connectivity index (χ0) is 15.2. The van der Waals surface area contributed by atoms with Gasteiger partial charge in [-0.25, -0.2) is 0 Å². The number of hydrogen-bond donors (Lipinski definition) is 2. The predicted molar refractivity (Wildman–Crippen MR) is 80.0 cm³/mol. The summed E-state index contributed by atoms with van der Waals surface area (Å²) in [6.07, 6.45) is 1.90. The van der Waals surface area contributed by atoms with Gasteiger partial charge in [-0.1, -0.05) is 30.3 Å². The first-order valence-electron chi connectivity index (χ1n) is 6.76. The van der Waals surface area contributed by atoms with Crippen molar-refractivity contribution in [3.05, 3.63) is 70.1 Å². The van der Waals surface area contributed by atoms with Crippen molar-refractivity contribution in [3.63, 3.8) is 0 Å². The lowest BCUT2D eigenvalue weighted by atomic mass is 10.0. The number of nitrogens with one attached hydrogen (secondary N) is 1. The zero-order valence-corrected chi connectivity index (χ0v) is 11.8. The molecule has 110 valence electrons. The lowest BCUT2D eigenvalue weighted by Gasteiger charge is -2.28. The van der Waals surface area contributed by atoms with Gasteiger partial charge >= 0.3 is 0 Å². The normalized spacial score (nSPS) is 11.9. The van der Waals surface area contributed by atoms with Gasteiger partial charge in [0, 0.05) is 19.9 Å². The molecule has 0 fully saturated rings. The Kier molecular flexibility index (Phi) is 4.90. The van der Waals surface area contributed by atoms with Gasteiger partial charge in [0.25, 0.3) is 11.5 Å². The average molecular weight is 286 g/mol. The second-order valence-corrected chi connectivity index (χ2v) is 4.77. The number of aliphatic hydroxyl groups excluding tert-OH is 1. The first kappa shape index (κ1) is 15.0. The topological polar surface area (TPSA) is 73.4 Å². The molecule has 0 saturated carbocycles. The molecule has 2 rings (SSSR count). The van der Waals surface area contributed by atoms with Crippen LogP contribution in [0.2, 0.25) is 0 Å². The first-order chi connectivity index (χ1) is 10.1. The monoisotopic (exact) mass is 286 g/mol. The largest absolute Gasteiger partial charge is 0.396 e. The summed E-state index contributed by atoms with van der Waals surface area (Å²) in [6.45, 7) is -0.0394. The van der Waals surface area contributed by atoms with E-state index >= 15 is 0 Å². The standard InChI is InChI=1S/C16H18N2O3/c1-18(16(21)13-8-5-10-17-15(13)20)14(9-11-19)12-6-3-2-4-7-12/h2-8,10,14,19H,9,11H2,1H3,(H,17,20). The van der Waals surface area contributed by atoms with Gasteiger partial charge in [0.2, 0.25) is 0 Å². The fraction of sp³-hybridized carbons (Fsp3) is 0.250. The summed E-state index contributed by atoms with van der Waals surface area (Å²) in [5, 5.41) is 9.25. The van der Waals surface area contributed by atoms with Gasteiger partial charge in [-0.2, -0.15) is 0 Å². The SMILES string of the molecule is CN(C(=O)c1ccc[nH]c1=O)C(CCO)c1ccccc1. The molecule has 0 aliphatic rings. The first-order valence-corrected chi connectivity index (χ1v) is 6.76. The molecule has 2 aromatic rings. The van der Waals surface area contributed by atoms with Crippen LogP contribution in [-0.2, 0) is 0 Å². The van der Waals surface area contributed by atoms with Crippen molar-refractivity contribution in [2.45, 2.75) is 12.5 Å². The lowest BCUT2D eigenvalue weighted by molar-refractivity contribution is 0.0703. The van der Waals surface area contributed by atoms with Crippen LogP contribution in [0.1, 0.15) is 28.4 Å². The van der Waals surface area contributed by atoms with Gasteiger partial charge in [-0.3, -0.25) is 9.59 Å². The number of carbonyl (C=O) groups excluding carboxylic acids is 1. The van der Waals surface area contributed by atoms with Crippen molar-refractivity contribution in [1.29, 1.82) is 0 Å². The molecule has 5 nitrogen and oxygen atoms in total. The summed E-state index contributed by atoms with van der Waals surface area (Å²) in [4.78, 5) is 28.2. The van der Waals surface area contributed by atoms with Crippen LogP contribution in [0.25, 0.3) is 0 Å². The number of aliphatic hydroxyl groups is 1. The maximum atomic E-state index is 12.5. The highest BCUT2D eigenvalue weighted by Gasteiger charge is 2.23. The number of pyridine rings is 1. The zero-order valence-electron chi connectivity index (χ0n) is 11.8. The second kappa shape index (κ2) is 6.85. The van der Waals surface area contributed by atoms with Gasteiger partial charge in [0.1, 0.15) is 5.56 Å². The molecule has 0 spiro atoms. The molecule has 0 aliphatic carbocycles. The molecule has 1 atom stereocenters. The van der Waals surface area contributed by atoms with Crippen LogP contribution in [-0.4, -0.2) is 34.6 Å². The van der Waals surface area contributed by atoms with E-state index < -0.39 is 5.56 Å². The van der Waals surface area contributed by atoms with E-state index in [-0.39, 0.29) is 24.1 Å². The summed E-state index contributed by atoms with van der Waals surface area (Å²) in [5.74, 6) is -0.362. The third kappa shape index (κ3) is 3.38. The average Bonchev–Trinajstić information content (AvgIpc) is 2.52. The number of benzene rings is 1. The Bertz CT molecular complexity index is 652. The maximum absolute atomic E-state index is 12.5. The lowest BCUT2D eigenvalue weighted by Crippen LogP contribution is -2.35.